The fraction of sp³-hybridized carbons (Fsp3) is 0.850. The topological polar surface area (TPSA) is 32.8 Å². The summed E-state index contributed by atoms with van der Waals surface area (Å²) >= 11 is 0. The van der Waals surface area contributed by atoms with E-state index in [1.54, 1.807) is 11.1 Å². The number of ether oxygens (including phenoxy) is 1. The number of esters is 1. The van der Waals surface area contributed by atoms with E-state index in [1.807, 2.05) is 0 Å². The van der Waals surface area contributed by atoms with Gasteiger partial charge in [0.1, 0.15) is 6.10 Å². The molecule has 0 aromatic rings. The number of hydrogen-bond donors (Lipinski definition) is 0. The van der Waals surface area contributed by atoms with Gasteiger partial charge in [0.25, 0.3) is 0 Å². The van der Waals surface area contributed by atoms with Gasteiger partial charge in [-0.25, -0.2) is 0 Å². The predicted molar refractivity (Wildman–Crippen MR) is 94.7 cm³/mol. The lowest BCUT2D eigenvalue weighted by Crippen LogP contribution is -2.48. The van der Waals surface area contributed by atoms with E-state index in [0.717, 1.165) is 45.6 Å². The molecule has 2 aliphatic carbocycles. The summed E-state index contributed by atoms with van der Waals surface area (Å²) in [5.74, 6) is 0.572. The fourth-order valence-electron chi connectivity index (χ4n) is 5.63. The van der Waals surface area contributed by atoms with Crippen LogP contribution in [-0.2, 0) is 9.53 Å². The van der Waals surface area contributed by atoms with Gasteiger partial charge in [0, 0.05) is 38.6 Å². The van der Waals surface area contributed by atoms with Gasteiger partial charge in [-0.2, -0.15) is 0 Å². The number of rotatable bonds is 2. The van der Waals surface area contributed by atoms with Gasteiger partial charge in [0.15, 0.2) is 0 Å². The Labute approximate surface area is 146 Å². The second-order valence-corrected chi connectivity index (χ2v) is 8.93. The summed E-state index contributed by atoms with van der Waals surface area (Å²) in [6.07, 6.45) is 6.12. The first-order valence-electron chi connectivity index (χ1n) is 9.77. The number of carbonyl (C=O) groups is 1. The number of likely N-dealkylation sites (N-methyl/N-ethyl adjacent to an activating group) is 1. The summed E-state index contributed by atoms with van der Waals surface area (Å²) < 4.78 is 5.89. The molecule has 0 aromatic heterocycles. The van der Waals surface area contributed by atoms with Crippen molar-refractivity contribution in [3.63, 3.8) is 0 Å². The van der Waals surface area contributed by atoms with Crippen LogP contribution in [0, 0.1) is 17.3 Å². The third-order valence-corrected chi connectivity index (χ3v) is 7.23. The fourth-order valence-corrected chi connectivity index (χ4v) is 5.63. The first-order valence-corrected chi connectivity index (χ1v) is 9.77. The van der Waals surface area contributed by atoms with Gasteiger partial charge >= 0.3 is 5.97 Å². The van der Waals surface area contributed by atoms with Crippen molar-refractivity contribution in [2.45, 2.75) is 52.1 Å². The number of allylic oxidation sites excluding steroid dienone is 2. The smallest absolute Gasteiger partial charge is 0.310 e. The lowest BCUT2D eigenvalue weighted by atomic mass is 9.59. The lowest BCUT2D eigenvalue weighted by Gasteiger charge is -2.46. The van der Waals surface area contributed by atoms with E-state index in [2.05, 4.69) is 30.7 Å². The zero-order valence-electron chi connectivity index (χ0n) is 15.5. The molecule has 0 amide bonds. The van der Waals surface area contributed by atoms with Gasteiger partial charge < -0.3 is 9.64 Å². The summed E-state index contributed by atoms with van der Waals surface area (Å²) in [5, 5.41) is 0. The van der Waals surface area contributed by atoms with Gasteiger partial charge in [0.2, 0.25) is 0 Å². The van der Waals surface area contributed by atoms with Crippen LogP contribution in [0.2, 0.25) is 0 Å². The molecule has 0 spiro atoms. The maximum Gasteiger partial charge on any atom is 0.310 e. The Bertz CT molecular complexity index is 550. The van der Waals surface area contributed by atoms with Crippen molar-refractivity contribution in [3.05, 3.63) is 11.1 Å². The molecular formula is C20H32N2O2. The van der Waals surface area contributed by atoms with Crippen molar-refractivity contribution in [3.8, 4) is 0 Å². The van der Waals surface area contributed by atoms with Gasteiger partial charge in [0.05, 0.1) is 5.92 Å². The van der Waals surface area contributed by atoms with Crippen molar-refractivity contribution in [1.29, 1.82) is 0 Å². The molecule has 2 saturated heterocycles. The molecule has 0 aromatic carbocycles. The van der Waals surface area contributed by atoms with Gasteiger partial charge in [-0.15, -0.1) is 0 Å². The van der Waals surface area contributed by atoms with Gasteiger partial charge in [-0.05, 0) is 51.5 Å². The Morgan fingerprint density at radius 3 is 2.75 bits per heavy atom. The quantitative estimate of drug-likeness (QED) is 0.575. The summed E-state index contributed by atoms with van der Waals surface area (Å²) in [4.78, 5) is 17.4. The summed E-state index contributed by atoms with van der Waals surface area (Å²) in [5.41, 5.74) is 3.54. The van der Waals surface area contributed by atoms with Crippen molar-refractivity contribution < 1.29 is 9.53 Å². The minimum atomic E-state index is 0.0735. The Balaban J connectivity index is 1.50. The SMILES string of the molecule is CC1=C2CC3C(CC2(C)CCC1)OC(=O)C3CN1CCN(C)CC1. The molecule has 4 nitrogen and oxygen atoms in total. The minimum Gasteiger partial charge on any atom is -0.462 e. The van der Waals surface area contributed by atoms with Crippen LogP contribution < -0.4 is 0 Å². The molecule has 4 aliphatic rings. The van der Waals surface area contributed by atoms with Crippen LogP contribution in [0.1, 0.15) is 46.0 Å². The van der Waals surface area contributed by atoms with E-state index in [4.69, 9.17) is 4.74 Å². The van der Waals surface area contributed by atoms with Crippen LogP contribution in [0.25, 0.3) is 0 Å². The molecule has 4 rings (SSSR count). The minimum absolute atomic E-state index is 0.0735. The molecule has 0 radical (unpaired) electrons. The maximum absolute atomic E-state index is 12.6. The normalized spacial score (nSPS) is 41.1. The van der Waals surface area contributed by atoms with Crippen molar-refractivity contribution in [2.24, 2.45) is 17.3 Å². The van der Waals surface area contributed by atoms with E-state index >= 15 is 0 Å². The zero-order valence-corrected chi connectivity index (χ0v) is 15.5. The van der Waals surface area contributed by atoms with E-state index in [1.165, 1.54) is 19.3 Å². The summed E-state index contributed by atoms with van der Waals surface area (Å²) in [6.45, 7) is 10.0. The van der Waals surface area contributed by atoms with Crippen molar-refractivity contribution >= 4 is 5.97 Å². The average molecular weight is 332 g/mol. The van der Waals surface area contributed by atoms with E-state index in [9.17, 15) is 4.79 Å². The molecule has 2 heterocycles. The molecule has 3 fully saturated rings. The highest BCUT2D eigenvalue weighted by Gasteiger charge is 2.53. The second-order valence-electron chi connectivity index (χ2n) is 8.93. The van der Waals surface area contributed by atoms with E-state index < -0.39 is 0 Å². The number of hydrogen-bond acceptors (Lipinski definition) is 4. The highest BCUT2D eigenvalue weighted by atomic mass is 16.6. The second kappa shape index (κ2) is 6.14. The molecule has 0 N–H and O–H groups in total. The molecule has 24 heavy (non-hydrogen) atoms. The van der Waals surface area contributed by atoms with Crippen molar-refractivity contribution in [1.82, 2.24) is 9.80 Å². The summed E-state index contributed by atoms with van der Waals surface area (Å²) in [6, 6.07) is 0. The molecule has 2 aliphatic heterocycles. The molecule has 0 bridgehead atoms. The van der Waals surface area contributed by atoms with Gasteiger partial charge in [-0.3, -0.25) is 9.69 Å². The Morgan fingerprint density at radius 1 is 1.25 bits per heavy atom. The molecule has 4 atom stereocenters. The third kappa shape index (κ3) is 2.82. The zero-order chi connectivity index (χ0) is 16.9. The Kier molecular flexibility index (Phi) is 4.24. The highest BCUT2D eigenvalue weighted by molar-refractivity contribution is 5.76. The van der Waals surface area contributed by atoms with Crippen LogP contribution >= 0.6 is 0 Å². The Hall–Kier alpha value is -0.870. The highest BCUT2D eigenvalue weighted by Crippen LogP contribution is 2.55. The third-order valence-electron chi connectivity index (χ3n) is 7.23. The molecular weight excluding hydrogens is 300 g/mol. The maximum atomic E-state index is 12.6. The van der Waals surface area contributed by atoms with E-state index in [-0.39, 0.29) is 23.4 Å². The summed E-state index contributed by atoms with van der Waals surface area (Å²) in [7, 11) is 2.18. The first kappa shape index (κ1) is 16.6. The Morgan fingerprint density at radius 2 is 2.00 bits per heavy atom. The van der Waals surface area contributed by atoms with Crippen LogP contribution in [0.4, 0.5) is 0 Å². The first-order chi connectivity index (χ1) is 11.5. The molecule has 4 heteroatoms. The lowest BCUT2D eigenvalue weighted by molar-refractivity contribution is -0.145. The van der Waals surface area contributed by atoms with Gasteiger partial charge in [-0.1, -0.05) is 18.1 Å². The van der Waals surface area contributed by atoms with E-state index in [0.29, 0.717) is 5.92 Å². The monoisotopic (exact) mass is 332 g/mol. The molecule has 4 unspecified atom stereocenters. The molecule has 1 saturated carbocycles. The molecule has 134 valence electrons. The van der Waals surface area contributed by atoms with Crippen LogP contribution in [0.15, 0.2) is 11.1 Å². The number of carbonyl (C=O) groups excluding carboxylic acids is 1. The van der Waals surface area contributed by atoms with Crippen molar-refractivity contribution in [2.75, 3.05) is 39.8 Å². The van der Waals surface area contributed by atoms with Crippen LogP contribution in [0.3, 0.4) is 0 Å². The largest absolute Gasteiger partial charge is 0.462 e. The predicted octanol–water partition coefficient (Wildman–Crippen LogP) is 2.69. The number of nitrogens with zero attached hydrogens (tertiary/aromatic N) is 2. The average Bonchev–Trinajstić information content (AvgIpc) is 2.82. The van der Waals surface area contributed by atoms with Crippen LogP contribution in [-0.4, -0.2) is 61.6 Å². The van der Waals surface area contributed by atoms with Crippen LogP contribution in [0.5, 0.6) is 0 Å². The number of fused-ring (bicyclic) bond motifs is 2. The number of piperazine rings is 1. The standard InChI is InChI=1S/C20H32N2O2/c1-14-5-4-6-20(2)12-18-15(11-17(14)20)16(19(23)24-18)13-22-9-7-21(3)8-10-22/h15-16,18H,4-13H2,1-3H3.